The lowest BCUT2D eigenvalue weighted by Crippen LogP contribution is -1.93. The summed E-state index contributed by atoms with van der Waals surface area (Å²) in [5.74, 6) is 0. The highest BCUT2D eigenvalue weighted by Crippen LogP contribution is 2.38. The Labute approximate surface area is 151 Å². The van der Waals surface area contributed by atoms with Gasteiger partial charge < -0.3 is 11.1 Å². The minimum absolute atomic E-state index is 0.544. The van der Waals surface area contributed by atoms with Crippen LogP contribution in [0.2, 0.25) is 0 Å². The summed E-state index contributed by atoms with van der Waals surface area (Å²) in [5, 5.41) is 13.6. The van der Waals surface area contributed by atoms with Gasteiger partial charge in [0.25, 0.3) is 0 Å². The van der Waals surface area contributed by atoms with Crippen LogP contribution in [-0.4, -0.2) is 6.26 Å². The van der Waals surface area contributed by atoms with E-state index in [0.717, 1.165) is 28.4 Å². The summed E-state index contributed by atoms with van der Waals surface area (Å²) < 4.78 is 0. The highest BCUT2D eigenvalue weighted by molar-refractivity contribution is 7.98. The molecule has 0 radical (unpaired) electrons. The minimum atomic E-state index is 0.544. The van der Waals surface area contributed by atoms with Gasteiger partial charge in [-0.25, -0.2) is 0 Å². The molecule has 0 atom stereocenters. The Bertz CT molecular complexity index is 782. The van der Waals surface area contributed by atoms with Gasteiger partial charge in [0, 0.05) is 15.5 Å². The van der Waals surface area contributed by atoms with Gasteiger partial charge in [-0.05, 0) is 44.2 Å². The van der Waals surface area contributed by atoms with Gasteiger partial charge in [-0.3, -0.25) is 0 Å². The van der Waals surface area contributed by atoms with Crippen LogP contribution in [0.4, 0.5) is 16.4 Å². The molecule has 1 aromatic carbocycles. The number of hydrogen-bond donors (Lipinski definition) is 2. The lowest BCUT2D eigenvalue weighted by Gasteiger charge is -2.05. The van der Waals surface area contributed by atoms with Crippen LogP contribution in [-0.2, 0) is 6.42 Å². The van der Waals surface area contributed by atoms with E-state index in [0.29, 0.717) is 11.3 Å². The second kappa shape index (κ2) is 9.21. The molecule has 0 amide bonds. The van der Waals surface area contributed by atoms with Crippen LogP contribution < -0.4 is 11.1 Å². The summed E-state index contributed by atoms with van der Waals surface area (Å²) in [6.45, 7) is 1.99. The summed E-state index contributed by atoms with van der Waals surface area (Å²) in [6.07, 6.45) is 11.9. The van der Waals surface area contributed by atoms with E-state index in [-0.39, 0.29) is 0 Å². The molecule has 0 fully saturated rings. The zero-order chi connectivity index (χ0) is 17.4. The van der Waals surface area contributed by atoms with Gasteiger partial charge in [0.2, 0.25) is 0 Å². The van der Waals surface area contributed by atoms with Crippen molar-refractivity contribution in [3.05, 3.63) is 59.0 Å². The van der Waals surface area contributed by atoms with Crippen molar-refractivity contribution >= 4 is 39.5 Å². The summed E-state index contributed by atoms with van der Waals surface area (Å²) >= 11 is 3.26. The number of nitrogen functional groups attached to an aromatic ring is 1. The lowest BCUT2D eigenvalue weighted by molar-refractivity contribution is 1.03. The minimum Gasteiger partial charge on any atom is -0.397 e. The Morgan fingerprint density at radius 3 is 2.92 bits per heavy atom. The standard InChI is InChI=1S/C19H21N3S2/c1-3-4-5-6-7-11-17-18(21)16(13-20)19(24-17)22-14-9-8-10-15(12-14)23-2/h3-6,8-10,12,22H,7,11,21H2,1-2H3/b4-3-,6-5-. The van der Waals surface area contributed by atoms with Crippen molar-refractivity contribution in [1.29, 1.82) is 5.26 Å². The number of benzene rings is 1. The van der Waals surface area contributed by atoms with Crippen molar-refractivity contribution in [1.82, 2.24) is 0 Å². The van der Waals surface area contributed by atoms with Gasteiger partial charge in [0.1, 0.15) is 16.6 Å². The molecule has 1 aromatic heterocycles. The molecule has 24 heavy (non-hydrogen) atoms. The smallest absolute Gasteiger partial charge is 0.113 e. The first-order valence-electron chi connectivity index (χ1n) is 7.69. The van der Waals surface area contributed by atoms with Gasteiger partial charge in [-0.2, -0.15) is 5.26 Å². The van der Waals surface area contributed by atoms with Crippen molar-refractivity contribution in [3.63, 3.8) is 0 Å². The summed E-state index contributed by atoms with van der Waals surface area (Å²) in [7, 11) is 0. The first kappa shape index (κ1) is 18.2. The topological polar surface area (TPSA) is 61.8 Å². The number of aryl methyl sites for hydroxylation is 1. The number of nitrogens with two attached hydrogens (primary N) is 1. The Balaban J connectivity index is 2.18. The molecule has 2 rings (SSSR count). The normalized spacial score (nSPS) is 11.2. The fraction of sp³-hybridized carbons (Fsp3) is 0.211. The molecule has 3 nitrogen and oxygen atoms in total. The first-order valence-corrected chi connectivity index (χ1v) is 9.73. The Kier molecular flexibility index (Phi) is 6.98. The van der Waals surface area contributed by atoms with Crippen LogP contribution in [0.5, 0.6) is 0 Å². The number of thioether (sulfide) groups is 1. The molecule has 0 aliphatic heterocycles. The van der Waals surface area contributed by atoms with Gasteiger partial charge >= 0.3 is 0 Å². The molecule has 0 saturated carbocycles. The van der Waals surface area contributed by atoms with Crippen LogP contribution in [0, 0.1) is 11.3 Å². The molecule has 0 spiro atoms. The van der Waals surface area contributed by atoms with Crippen LogP contribution in [0.15, 0.2) is 53.5 Å². The molecule has 5 heteroatoms. The van der Waals surface area contributed by atoms with Crippen molar-refractivity contribution in [2.75, 3.05) is 17.3 Å². The average Bonchev–Trinajstić information content (AvgIpc) is 2.89. The number of allylic oxidation sites excluding steroid dienone is 4. The number of nitrogens with zero attached hydrogens (tertiary/aromatic N) is 1. The molecule has 2 aromatic rings. The Morgan fingerprint density at radius 1 is 1.38 bits per heavy atom. The van der Waals surface area contributed by atoms with E-state index in [1.807, 2.05) is 43.5 Å². The SMILES string of the molecule is C/C=C\C=C/CCc1sc(Nc2cccc(SC)c2)c(C#N)c1N. The van der Waals surface area contributed by atoms with Crippen LogP contribution in [0.3, 0.4) is 0 Å². The Morgan fingerprint density at radius 2 is 2.21 bits per heavy atom. The predicted molar refractivity (Wildman–Crippen MR) is 107 cm³/mol. The second-order valence-electron chi connectivity index (χ2n) is 5.10. The Hall–Kier alpha value is -2.16. The van der Waals surface area contributed by atoms with E-state index in [2.05, 4.69) is 29.6 Å². The molecule has 1 heterocycles. The van der Waals surface area contributed by atoms with Crippen molar-refractivity contribution < 1.29 is 0 Å². The van der Waals surface area contributed by atoms with Crippen molar-refractivity contribution in [2.45, 2.75) is 24.7 Å². The number of anilines is 3. The van der Waals surface area contributed by atoms with Gasteiger partial charge in [-0.1, -0.05) is 30.4 Å². The van der Waals surface area contributed by atoms with Crippen molar-refractivity contribution in [2.24, 2.45) is 0 Å². The summed E-state index contributed by atoms with van der Waals surface area (Å²) in [5.41, 5.74) is 8.29. The molecule has 0 unspecified atom stereocenters. The maximum Gasteiger partial charge on any atom is 0.113 e. The van der Waals surface area contributed by atoms with Gasteiger partial charge in [0.05, 0.1) is 5.69 Å². The molecule has 0 aliphatic rings. The monoisotopic (exact) mass is 355 g/mol. The zero-order valence-electron chi connectivity index (χ0n) is 13.9. The molecular formula is C19H21N3S2. The van der Waals surface area contributed by atoms with Crippen LogP contribution in [0.1, 0.15) is 23.8 Å². The number of thiophene rings is 1. The maximum absolute atomic E-state index is 9.44. The van der Waals surface area contributed by atoms with E-state index in [1.54, 1.807) is 23.1 Å². The third-order valence-corrected chi connectivity index (χ3v) is 5.35. The number of nitrogens with one attached hydrogen (secondary N) is 1. The molecule has 0 bridgehead atoms. The van der Waals surface area contributed by atoms with E-state index in [4.69, 9.17) is 5.73 Å². The highest BCUT2D eigenvalue weighted by atomic mass is 32.2. The first-order chi connectivity index (χ1) is 11.7. The third kappa shape index (κ3) is 4.67. The largest absolute Gasteiger partial charge is 0.397 e. The zero-order valence-corrected chi connectivity index (χ0v) is 15.5. The number of rotatable bonds is 7. The van der Waals surface area contributed by atoms with Gasteiger partial charge in [0.15, 0.2) is 0 Å². The van der Waals surface area contributed by atoms with Crippen molar-refractivity contribution in [3.8, 4) is 6.07 Å². The second-order valence-corrected chi connectivity index (χ2v) is 7.09. The predicted octanol–water partition coefficient (Wildman–Crippen LogP) is 5.73. The van der Waals surface area contributed by atoms with E-state index < -0.39 is 0 Å². The lowest BCUT2D eigenvalue weighted by atomic mass is 10.2. The fourth-order valence-corrected chi connectivity index (χ4v) is 3.77. The third-order valence-electron chi connectivity index (χ3n) is 3.44. The average molecular weight is 356 g/mol. The number of hydrogen-bond acceptors (Lipinski definition) is 5. The molecule has 0 aliphatic carbocycles. The van der Waals surface area contributed by atoms with E-state index >= 15 is 0 Å². The summed E-state index contributed by atoms with van der Waals surface area (Å²) in [4.78, 5) is 2.23. The van der Waals surface area contributed by atoms with E-state index in [1.165, 1.54) is 4.90 Å². The van der Waals surface area contributed by atoms with E-state index in [9.17, 15) is 5.26 Å². The van der Waals surface area contributed by atoms with Crippen LogP contribution >= 0.6 is 23.1 Å². The molecule has 124 valence electrons. The fourth-order valence-electron chi connectivity index (χ4n) is 2.21. The molecule has 0 saturated heterocycles. The molecule has 3 N–H and O–H groups in total. The maximum atomic E-state index is 9.44. The highest BCUT2D eigenvalue weighted by Gasteiger charge is 2.15. The molecular weight excluding hydrogens is 334 g/mol. The van der Waals surface area contributed by atoms with Gasteiger partial charge in [-0.15, -0.1) is 23.1 Å². The summed E-state index contributed by atoms with van der Waals surface area (Å²) in [6, 6.07) is 10.4. The van der Waals surface area contributed by atoms with Crippen LogP contribution in [0.25, 0.3) is 0 Å². The number of nitriles is 1. The quantitative estimate of drug-likeness (QED) is 0.491.